The molecule has 0 bridgehead atoms. The van der Waals surface area contributed by atoms with Crippen molar-refractivity contribution in [3.8, 4) is 0 Å². The first-order valence-corrected chi connectivity index (χ1v) is 6.91. The molecule has 1 aliphatic carbocycles. The number of allylic oxidation sites excluding steroid dienone is 9. The average Bonchev–Trinajstić information content (AvgIpc) is 3.20. The van der Waals surface area contributed by atoms with Gasteiger partial charge in [-0.3, -0.25) is 4.79 Å². The maximum absolute atomic E-state index is 11.3. The molecule has 2 nitrogen and oxygen atoms in total. The van der Waals surface area contributed by atoms with E-state index in [0.717, 1.165) is 25.7 Å². The topological polar surface area (TPSA) is 29.1 Å². The molecule has 0 atom stereocenters. The molecular weight excluding hydrogens is 234 g/mol. The van der Waals surface area contributed by atoms with Crippen molar-refractivity contribution in [2.75, 3.05) is 0 Å². The Balaban J connectivity index is 2.03. The Labute approximate surface area is 116 Å². The van der Waals surface area contributed by atoms with E-state index in [9.17, 15) is 4.79 Å². The molecule has 0 aromatic rings. The third-order valence-corrected chi connectivity index (χ3v) is 2.58. The first-order chi connectivity index (χ1) is 9.33. The van der Waals surface area contributed by atoms with Crippen LogP contribution in [0.2, 0.25) is 0 Å². The van der Waals surface area contributed by atoms with Crippen molar-refractivity contribution >= 4 is 5.91 Å². The van der Waals surface area contributed by atoms with Crippen molar-refractivity contribution in [3.63, 3.8) is 0 Å². The second-order valence-corrected chi connectivity index (χ2v) is 4.49. The summed E-state index contributed by atoms with van der Waals surface area (Å²) in [5.74, 6) is 0.0150. The molecule has 0 aromatic heterocycles. The van der Waals surface area contributed by atoms with E-state index in [1.807, 2.05) is 43.4 Å². The number of hydrogen-bond donors (Lipinski definition) is 1. The van der Waals surface area contributed by atoms with Gasteiger partial charge in [-0.2, -0.15) is 0 Å². The van der Waals surface area contributed by atoms with Gasteiger partial charge in [-0.05, 0) is 32.6 Å². The Kier molecular flexibility index (Phi) is 8.12. The van der Waals surface area contributed by atoms with Crippen molar-refractivity contribution in [1.29, 1.82) is 0 Å². The Morgan fingerprint density at radius 2 is 1.63 bits per heavy atom. The van der Waals surface area contributed by atoms with Crippen LogP contribution < -0.4 is 5.32 Å². The Bertz CT molecular complexity index is 395. The highest BCUT2D eigenvalue weighted by molar-refractivity contribution is 5.88. The zero-order chi connectivity index (χ0) is 13.8. The third-order valence-electron chi connectivity index (χ3n) is 2.58. The molecule has 1 fully saturated rings. The molecule has 0 saturated heterocycles. The molecule has 1 N–H and O–H groups in total. The number of amides is 1. The van der Waals surface area contributed by atoms with Crippen LogP contribution >= 0.6 is 0 Å². The summed E-state index contributed by atoms with van der Waals surface area (Å²) in [6.45, 7) is 2.00. The van der Waals surface area contributed by atoms with Crippen LogP contribution in [0.4, 0.5) is 0 Å². The summed E-state index contributed by atoms with van der Waals surface area (Å²) >= 11 is 0. The molecule has 1 rings (SSSR count). The standard InChI is InChI=1S/C17H23NO/c1-2-3-4-5-6-7-8-9-10-11-12-13-17(19)18-16-14-15-16/h2-7,10-13,16H,8-9,14-15H2,1H3,(H,18,19)/b3-2+,5-4+,7-6+,11-10+,13-12+. The maximum Gasteiger partial charge on any atom is 0.244 e. The summed E-state index contributed by atoms with van der Waals surface area (Å²) in [5, 5.41) is 2.91. The van der Waals surface area contributed by atoms with Gasteiger partial charge in [0.1, 0.15) is 0 Å². The minimum Gasteiger partial charge on any atom is -0.350 e. The number of carbonyl (C=O) groups is 1. The first-order valence-electron chi connectivity index (χ1n) is 6.91. The molecule has 1 amide bonds. The monoisotopic (exact) mass is 257 g/mol. The van der Waals surface area contributed by atoms with E-state index >= 15 is 0 Å². The Hall–Kier alpha value is -1.83. The van der Waals surface area contributed by atoms with Crippen molar-refractivity contribution in [3.05, 3.63) is 60.8 Å². The summed E-state index contributed by atoms with van der Waals surface area (Å²) in [6, 6.07) is 0.432. The number of rotatable bonds is 8. The van der Waals surface area contributed by atoms with Gasteiger partial charge in [0.2, 0.25) is 5.91 Å². The minimum absolute atomic E-state index is 0.0150. The summed E-state index contributed by atoms with van der Waals surface area (Å²) in [5.41, 5.74) is 0. The van der Waals surface area contributed by atoms with E-state index in [0.29, 0.717) is 6.04 Å². The lowest BCUT2D eigenvalue weighted by molar-refractivity contribution is -0.116. The van der Waals surface area contributed by atoms with Crippen LogP contribution in [0.1, 0.15) is 32.6 Å². The number of unbranched alkanes of at least 4 members (excludes halogenated alkanes) is 1. The molecule has 1 aliphatic rings. The maximum atomic E-state index is 11.3. The van der Waals surface area contributed by atoms with Crippen LogP contribution in [-0.2, 0) is 4.79 Å². The van der Waals surface area contributed by atoms with Crippen LogP contribution in [0, 0.1) is 0 Å². The number of carbonyl (C=O) groups excluding carboxylic acids is 1. The van der Waals surface area contributed by atoms with Crippen molar-refractivity contribution in [2.45, 2.75) is 38.6 Å². The average molecular weight is 257 g/mol. The number of hydrogen-bond acceptors (Lipinski definition) is 1. The lowest BCUT2D eigenvalue weighted by Crippen LogP contribution is -2.22. The van der Waals surface area contributed by atoms with Crippen molar-refractivity contribution in [1.82, 2.24) is 5.32 Å². The molecule has 1 saturated carbocycles. The van der Waals surface area contributed by atoms with Gasteiger partial charge in [0.25, 0.3) is 0 Å². The highest BCUT2D eigenvalue weighted by atomic mass is 16.1. The molecule has 0 heterocycles. The lowest BCUT2D eigenvalue weighted by atomic mass is 10.2. The molecule has 0 unspecified atom stereocenters. The highest BCUT2D eigenvalue weighted by Gasteiger charge is 2.21. The predicted octanol–water partition coefficient (Wildman–Crippen LogP) is 3.85. The van der Waals surface area contributed by atoms with E-state index in [-0.39, 0.29) is 5.91 Å². The van der Waals surface area contributed by atoms with Crippen LogP contribution in [0.3, 0.4) is 0 Å². The van der Waals surface area contributed by atoms with Gasteiger partial charge in [-0.15, -0.1) is 0 Å². The molecule has 0 aliphatic heterocycles. The van der Waals surface area contributed by atoms with Crippen LogP contribution in [0.15, 0.2) is 60.8 Å². The predicted molar refractivity (Wildman–Crippen MR) is 81.8 cm³/mol. The van der Waals surface area contributed by atoms with Gasteiger partial charge >= 0.3 is 0 Å². The van der Waals surface area contributed by atoms with Gasteiger partial charge in [-0.25, -0.2) is 0 Å². The van der Waals surface area contributed by atoms with Crippen LogP contribution in [-0.4, -0.2) is 11.9 Å². The normalized spacial score (nSPS) is 16.7. The fraction of sp³-hybridized carbons (Fsp3) is 0.353. The van der Waals surface area contributed by atoms with Gasteiger partial charge in [0, 0.05) is 12.1 Å². The Morgan fingerprint density at radius 3 is 2.26 bits per heavy atom. The lowest BCUT2D eigenvalue weighted by Gasteiger charge is -1.94. The van der Waals surface area contributed by atoms with Gasteiger partial charge in [0.15, 0.2) is 0 Å². The van der Waals surface area contributed by atoms with E-state index in [4.69, 9.17) is 0 Å². The van der Waals surface area contributed by atoms with Gasteiger partial charge in [0.05, 0.1) is 0 Å². The summed E-state index contributed by atoms with van der Waals surface area (Å²) in [4.78, 5) is 11.3. The molecular formula is C17H23NO. The second kappa shape index (κ2) is 10.1. The molecule has 19 heavy (non-hydrogen) atoms. The SMILES string of the molecule is C/C=C/C=C/C=C/CC/C=C/C=C/C(=O)NC1CC1. The molecule has 102 valence electrons. The zero-order valence-corrected chi connectivity index (χ0v) is 11.6. The fourth-order valence-corrected chi connectivity index (χ4v) is 1.40. The van der Waals surface area contributed by atoms with E-state index in [2.05, 4.69) is 17.5 Å². The van der Waals surface area contributed by atoms with E-state index < -0.39 is 0 Å². The fourth-order valence-electron chi connectivity index (χ4n) is 1.40. The third kappa shape index (κ3) is 9.83. The minimum atomic E-state index is 0.0150. The molecule has 2 heteroatoms. The summed E-state index contributed by atoms with van der Waals surface area (Å²) in [7, 11) is 0. The largest absolute Gasteiger partial charge is 0.350 e. The van der Waals surface area contributed by atoms with Crippen LogP contribution in [0.25, 0.3) is 0 Å². The Morgan fingerprint density at radius 1 is 1.00 bits per heavy atom. The van der Waals surface area contributed by atoms with Gasteiger partial charge in [-0.1, -0.05) is 54.7 Å². The van der Waals surface area contributed by atoms with Crippen molar-refractivity contribution < 1.29 is 4.79 Å². The molecule has 0 spiro atoms. The van der Waals surface area contributed by atoms with Gasteiger partial charge < -0.3 is 5.32 Å². The smallest absolute Gasteiger partial charge is 0.244 e. The van der Waals surface area contributed by atoms with E-state index in [1.54, 1.807) is 12.2 Å². The number of nitrogens with one attached hydrogen (secondary N) is 1. The quantitative estimate of drug-likeness (QED) is 0.399. The first kappa shape index (κ1) is 15.2. The highest BCUT2D eigenvalue weighted by Crippen LogP contribution is 2.18. The second-order valence-electron chi connectivity index (χ2n) is 4.49. The molecule has 0 aromatic carbocycles. The molecule has 0 radical (unpaired) electrons. The van der Waals surface area contributed by atoms with Crippen LogP contribution in [0.5, 0.6) is 0 Å². The summed E-state index contributed by atoms with van der Waals surface area (Å²) < 4.78 is 0. The summed E-state index contributed by atoms with van der Waals surface area (Å²) in [6.07, 6.45) is 23.9. The van der Waals surface area contributed by atoms with Crippen molar-refractivity contribution in [2.24, 2.45) is 0 Å². The van der Waals surface area contributed by atoms with E-state index in [1.165, 1.54) is 0 Å². The zero-order valence-electron chi connectivity index (χ0n) is 11.6.